The highest BCUT2D eigenvalue weighted by molar-refractivity contribution is 5.85. The van der Waals surface area contributed by atoms with Crippen molar-refractivity contribution in [2.45, 2.75) is 58.1 Å². The maximum absolute atomic E-state index is 12.1. The first-order valence-corrected chi connectivity index (χ1v) is 6.01. The Morgan fingerprint density at radius 2 is 1.75 bits per heavy atom. The predicted octanol–water partition coefficient (Wildman–Crippen LogP) is 1.44. The molecule has 0 aliphatic carbocycles. The van der Waals surface area contributed by atoms with Crippen LogP contribution in [0.2, 0.25) is 0 Å². The smallest absolute Gasteiger partial charge is 0.252 e. The molecule has 0 saturated heterocycles. The Morgan fingerprint density at radius 3 is 2.00 bits per heavy atom. The number of carbonyl (C=O) groups excluding carboxylic acids is 1. The molecule has 0 rings (SSSR count). The highest BCUT2D eigenvalue weighted by Crippen LogP contribution is 2.19. The number of hydrogen-bond acceptors (Lipinski definition) is 3. The molecule has 0 aliphatic rings. The third kappa shape index (κ3) is 3.19. The van der Waals surface area contributed by atoms with Crippen LogP contribution in [-0.4, -0.2) is 30.7 Å². The van der Waals surface area contributed by atoms with Crippen LogP contribution in [0.25, 0.3) is 0 Å². The van der Waals surface area contributed by atoms with Gasteiger partial charge in [0.05, 0.1) is 5.54 Å². The van der Waals surface area contributed by atoms with Crippen LogP contribution >= 0.6 is 0 Å². The first-order valence-electron chi connectivity index (χ1n) is 6.01. The third-order valence-electron chi connectivity index (χ3n) is 3.73. The first kappa shape index (κ1) is 15.4. The van der Waals surface area contributed by atoms with Crippen molar-refractivity contribution in [3.05, 3.63) is 0 Å². The molecular formula is C12H26N2O2. The van der Waals surface area contributed by atoms with Crippen LogP contribution < -0.4 is 11.1 Å². The summed E-state index contributed by atoms with van der Waals surface area (Å²) in [5.74, 6) is -0.0772. The zero-order valence-electron chi connectivity index (χ0n) is 11.2. The molecule has 0 aromatic carbocycles. The van der Waals surface area contributed by atoms with Crippen LogP contribution in [0.15, 0.2) is 0 Å². The lowest BCUT2D eigenvalue weighted by molar-refractivity contribution is -0.144. The maximum atomic E-state index is 12.1. The van der Waals surface area contributed by atoms with Crippen molar-refractivity contribution < 1.29 is 9.53 Å². The van der Waals surface area contributed by atoms with Crippen LogP contribution in [0.1, 0.15) is 47.0 Å². The van der Waals surface area contributed by atoms with Crippen LogP contribution in [-0.2, 0) is 9.53 Å². The molecule has 0 bridgehead atoms. The minimum Gasteiger partial charge on any atom is -0.369 e. The molecule has 0 aliphatic heterocycles. The molecule has 0 radical (unpaired) electrons. The number of ether oxygens (including phenoxy) is 1. The van der Waals surface area contributed by atoms with Crippen molar-refractivity contribution in [1.29, 1.82) is 0 Å². The fourth-order valence-corrected chi connectivity index (χ4v) is 1.54. The van der Waals surface area contributed by atoms with E-state index in [2.05, 4.69) is 5.32 Å². The van der Waals surface area contributed by atoms with Gasteiger partial charge in [0.1, 0.15) is 5.60 Å². The van der Waals surface area contributed by atoms with Gasteiger partial charge in [0.15, 0.2) is 0 Å². The van der Waals surface area contributed by atoms with Crippen molar-refractivity contribution in [2.24, 2.45) is 5.73 Å². The second kappa shape index (κ2) is 6.21. The largest absolute Gasteiger partial charge is 0.369 e. The molecule has 0 spiro atoms. The fraction of sp³-hybridized carbons (Fsp3) is 0.917. The number of nitrogens with one attached hydrogen (secondary N) is 1. The van der Waals surface area contributed by atoms with Crippen molar-refractivity contribution in [3.8, 4) is 0 Å². The number of amides is 1. The van der Waals surface area contributed by atoms with Crippen molar-refractivity contribution >= 4 is 5.91 Å². The molecule has 0 heterocycles. The van der Waals surface area contributed by atoms with E-state index in [4.69, 9.17) is 10.5 Å². The summed E-state index contributed by atoms with van der Waals surface area (Å²) < 4.78 is 5.28. The average Bonchev–Trinajstić information content (AvgIpc) is 2.34. The first-order chi connectivity index (χ1) is 7.43. The van der Waals surface area contributed by atoms with Crippen LogP contribution in [0.4, 0.5) is 0 Å². The number of methoxy groups -OCH3 is 1. The van der Waals surface area contributed by atoms with Gasteiger partial charge in [-0.15, -0.1) is 0 Å². The maximum Gasteiger partial charge on any atom is 0.252 e. The lowest BCUT2D eigenvalue weighted by Crippen LogP contribution is -2.58. The summed E-state index contributed by atoms with van der Waals surface area (Å²) in [5, 5.41) is 3.03. The topological polar surface area (TPSA) is 64.3 Å². The Kier molecular flexibility index (Phi) is 5.97. The van der Waals surface area contributed by atoms with Crippen molar-refractivity contribution in [1.82, 2.24) is 5.32 Å². The van der Waals surface area contributed by atoms with Gasteiger partial charge in [-0.25, -0.2) is 0 Å². The van der Waals surface area contributed by atoms with Crippen molar-refractivity contribution in [2.75, 3.05) is 13.7 Å². The predicted molar refractivity (Wildman–Crippen MR) is 66.2 cm³/mol. The molecule has 3 N–H and O–H groups in total. The van der Waals surface area contributed by atoms with E-state index in [1.54, 1.807) is 14.0 Å². The van der Waals surface area contributed by atoms with E-state index >= 15 is 0 Å². The molecular weight excluding hydrogens is 204 g/mol. The summed E-state index contributed by atoms with van der Waals surface area (Å²) in [6.07, 6.45) is 2.30. The molecule has 1 unspecified atom stereocenters. The summed E-state index contributed by atoms with van der Waals surface area (Å²) in [7, 11) is 1.56. The molecule has 0 aromatic rings. The monoisotopic (exact) mass is 230 g/mol. The fourth-order valence-electron chi connectivity index (χ4n) is 1.54. The Morgan fingerprint density at radius 1 is 1.25 bits per heavy atom. The third-order valence-corrected chi connectivity index (χ3v) is 3.73. The molecule has 1 amide bonds. The molecule has 4 heteroatoms. The SMILES string of the molecule is CCC(CC)(CN)NC(=O)C(C)(CC)OC. The Bertz CT molecular complexity index is 213. The second-order valence-corrected chi connectivity index (χ2v) is 4.43. The van der Waals surface area contributed by atoms with Gasteiger partial charge < -0.3 is 15.8 Å². The number of rotatable bonds is 7. The minimum atomic E-state index is -0.759. The summed E-state index contributed by atoms with van der Waals surface area (Å²) in [5.41, 5.74) is 4.69. The zero-order chi connectivity index (χ0) is 12.8. The van der Waals surface area contributed by atoms with Gasteiger partial charge in [-0.1, -0.05) is 20.8 Å². The van der Waals surface area contributed by atoms with Gasteiger partial charge in [0.2, 0.25) is 0 Å². The van der Waals surface area contributed by atoms with Crippen molar-refractivity contribution in [3.63, 3.8) is 0 Å². The Hall–Kier alpha value is -0.610. The molecule has 4 nitrogen and oxygen atoms in total. The van der Waals surface area contributed by atoms with Gasteiger partial charge in [0, 0.05) is 13.7 Å². The lowest BCUT2D eigenvalue weighted by Gasteiger charge is -2.36. The number of nitrogens with two attached hydrogens (primary N) is 1. The van der Waals surface area contributed by atoms with E-state index in [0.717, 1.165) is 12.8 Å². The molecule has 0 saturated carbocycles. The van der Waals surface area contributed by atoms with Gasteiger partial charge in [0.25, 0.3) is 5.91 Å². The second-order valence-electron chi connectivity index (χ2n) is 4.43. The zero-order valence-corrected chi connectivity index (χ0v) is 11.2. The summed E-state index contributed by atoms with van der Waals surface area (Å²) >= 11 is 0. The lowest BCUT2D eigenvalue weighted by atomic mass is 9.91. The molecule has 0 aromatic heterocycles. The Labute approximate surface area is 98.9 Å². The molecule has 16 heavy (non-hydrogen) atoms. The summed E-state index contributed by atoms with van der Waals surface area (Å²) in [6, 6.07) is 0. The van der Waals surface area contributed by atoms with Gasteiger partial charge in [-0.3, -0.25) is 4.79 Å². The highest BCUT2D eigenvalue weighted by Gasteiger charge is 2.36. The van der Waals surface area contributed by atoms with Gasteiger partial charge in [-0.2, -0.15) is 0 Å². The summed E-state index contributed by atoms with van der Waals surface area (Å²) in [4.78, 5) is 12.1. The standard InChI is InChI=1S/C12H26N2O2/c1-6-11(4,16-5)10(15)14-12(7-2,8-3)9-13/h6-9,13H2,1-5H3,(H,14,15). The van der Waals surface area contributed by atoms with E-state index in [1.807, 2.05) is 20.8 Å². The quantitative estimate of drug-likeness (QED) is 0.695. The molecule has 0 fully saturated rings. The van der Waals surface area contributed by atoms with Gasteiger partial charge in [-0.05, 0) is 26.2 Å². The highest BCUT2D eigenvalue weighted by atomic mass is 16.5. The normalized spacial score (nSPS) is 15.6. The van der Waals surface area contributed by atoms with Crippen LogP contribution in [0.5, 0.6) is 0 Å². The average molecular weight is 230 g/mol. The molecule has 1 atom stereocenters. The van der Waals surface area contributed by atoms with E-state index in [9.17, 15) is 4.79 Å². The minimum absolute atomic E-state index is 0.0772. The van der Waals surface area contributed by atoms with Crippen LogP contribution in [0.3, 0.4) is 0 Å². The number of carbonyl (C=O) groups is 1. The van der Waals surface area contributed by atoms with Gasteiger partial charge >= 0.3 is 0 Å². The Balaban J connectivity index is 4.76. The van der Waals surface area contributed by atoms with E-state index in [0.29, 0.717) is 13.0 Å². The van der Waals surface area contributed by atoms with E-state index in [-0.39, 0.29) is 11.4 Å². The number of hydrogen-bond donors (Lipinski definition) is 2. The van der Waals surface area contributed by atoms with E-state index < -0.39 is 5.60 Å². The molecule has 96 valence electrons. The van der Waals surface area contributed by atoms with Crippen LogP contribution in [0, 0.1) is 0 Å². The van der Waals surface area contributed by atoms with E-state index in [1.165, 1.54) is 0 Å². The summed E-state index contributed by atoms with van der Waals surface area (Å²) in [6.45, 7) is 8.26.